The largest absolute Gasteiger partial charge is 0.310 e. The summed E-state index contributed by atoms with van der Waals surface area (Å²) in [5, 5.41) is 10.3. The molecule has 10 aromatic rings. The lowest BCUT2D eigenvalue weighted by molar-refractivity contribution is 0.0780. The van der Waals surface area contributed by atoms with Crippen molar-refractivity contribution in [3.05, 3.63) is 194 Å². The molecule has 0 N–H and O–H groups in total. The molecule has 1 heterocycles. The molecule has 2 bridgehead atoms. The predicted octanol–water partition coefficient (Wildman–Crippen LogP) is 16.1. The fourth-order valence-corrected chi connectivity index (χ4v) is 12.9. The van der Waals surface area contributed by atoms with Gasteiger partial charge in [0.2, 0.25) is 0 Å². The van der Waals surface area contributed by atoms with E-state index in [0.717, 1.165) is 29.4 Å². The van der Waals surface area contributed by atoms with Crippen LogP contribution in [0.15, 0.2) is 188 Å². The van der Waals surface area contributed by atoms with Crippen LogP contribution in [0.2, 0.25) is 0 Å². The Hall–Kier alpha value is -6.64. The van der Waals surface area contributed by atoms with Gasteiger partial charge in [0, 0.05) is 33.5 Å². The SMILES string of the molecule is C[C@H]1C[C@H]2C[C@H]3CC(c4ccc(N(c5ccc(-c6cccc(-n7c8ccccc8c8ccccc87)c6)cc5)c5ccc6c7ccccc7c7ccccc7c6c5)cc4)(CC23)C1. The second kappa shape index (κ2) is 13.4. The smallest absolute Gasteiger partial charge is 0.0541 e. The summed E-state index contributed by atoms with van der Waals surface area (Å²) in [5.41, 5.74) is 11.5. The van der Waals surface area contributed by atoms with Gasteiger partial charge >= 0.3 is 0 Å². The number of anilines is 3. The third kappa shape index (κ3) is 5.41. The quantitative estimate of drug-likeness (QED) is 0.153. The first-order valence-electron chi connectivity index (χ1n) is 22.5. The summed E-state index contributed by atoms with van der Waals surface area (Å²) in [5.74, 6) is 3.67. The molecule has 1 aromatic heterocycles. The van der Waals surface area contributed by atoms with Crippen molar-refractivity contribution in [1.82, 2.24) is 4.57 Å². The number of hydrogen-bond donors (Lipinski definition) is 0. The molecule has 3 fully saturated rings. The normalized spacial score (nSPS) is 21.9. The Morgan fingerprint density at radius 2 is 0.984 bits per heavy atom. The predicted molar refractivity (Wildman–Crippen MR) is 258 cm³/mol. The zero-order chi connectivity index (χ0) is 40.2. The van der Waals surface area contributed by atoms with E-state index in [9.17, 15) is 0 Å². The summed E-state index contributed by atoms with van der Waals surface area (Å²) >= 11 is 0. The third-order valence-corrected chi connectivity index (χ3v) is 15.4. The topological polar surface area (TPSA) is 8.17 Å². The van der Waals surface area contributed by atoms with Crippen molar-refractivity contribution >= 4 is 71.2 Å². The van der Waals surface area contributed by atoms with Crippen LogP contribution in [0.5, 0.6) is 0 Å². The highest BCUT2D eigenvalue weighted by Gasteiger charge is 2.57. The second-order valence-electron chi connectivity index (χ2n) is 18.8. The Morgan fingerprint density at radius 3 is 1.64 bits per heavy atom. The van der Waals surface area contributed by atoms with Crippen molar-refractivity contribution in [2.24, 2.45) is 23.7 Å². The van der Waals surface area contributed by atoms with E-state index in [1.54, 1.807) is 5.56 Å². The van der Waals surface area contributed by atoms with Crippen molar-refractivity contribution in [1.29, 1.82) is 0 Å². The molecular weight excluding hydrogens is 737 g/mol. The zero-order valence-electron chi connectivity index (χ0n) is 34.6. The molecule has 61 heavy (non-hydrogen) atoms. The van der Waals surface area contributed by atoms with Gasteiger partial charge in [-0.15, -0.1) is 0 Å². The molecule has 3 saturated carbocycles. The molecule has 294 valence electrons. The summed E-state index contributed by atoms with van der Waals surface area (Å²) in [6.45, 7) is 2.52. The Balaban J connectivity index is 0.928. The second-order valence-corrected chi connectivity index (χ2v) is 18.8. The number of rotatable bonds is 6. The Bertz CT molecular complexity index is 3240. The van der Waals surface area contributed by atoms with Crippen LogP contribution in [0.25, 0.3) is 70.9 Å². The summed E-state index contributed by atoms with van der Waals surface area (Å²) in [6, 6.07) is 70.5. The summed E-state index contributed by atoms with van der Waals surface area (Å²) in [7, 11) is 0. The molecule has 3 aliphatic carbocycles. The third-order valence-electron chi connectivity index (χ3n) is 15.4. The molecule has 9 aromatic carbocycles. The monoisotopic (exact) mass is 784 g/mol. The van der Waals surface area contributed by atoms with Gasteiger partial charge in [0.25, 0.3) is 0 Å². The average molecular weight is 785 g/mol. The number of para-hydroxylation sites is 2. The molecular formula is C59H48N2. The van der Waals surface area contributed by atoms with E-state index in [0.29, 0.717) is 5.41 Å². The van der Waals surface area contributed by atoms with Crippen molar-refractivity contribution < 1.29 is 0 Å². The lowest BCUT2D eigenvalue weighted by atomic mass is 9.63. The van der Waals surface area contributed by atoms with Crippen LogP contribution in [0.3, 0.4) is 0 Å². The number of nitrogens with zero attached hydrogens (tertiary/aromatic N) is 2. The average Bonchev–Trinajstić information content (AvgIpc) is 3.76. The van der Waals surface area contributed by atoms with Gasteiger partial charge in [-0.05, 0) is 171 Å². The zero-order valence-corrected chi connectivity index (χ0v) is 34.6. The van der Waals surface area contributed by atoms with Crippen molar-refractivity contribution in [2.75, 3.05) is 4.90 Å². The number of hydrogen-bond acceptors (Lipinski definition) is 1. The van der Waals surface area contributed by atoms with E-state index < -0.39 is 0 Å². The minimum atomic E-state index is 0.335. The standard InChI is InChI=1S/C59H48N2/c1-38-31-41-32-42-36-59(35-38,37-56(41)42)43-23-27-45(28-24-43)60(47-29-30-52-50-15-3-2-13-48(50)49-14-4-5-16-51(49)55(52)34-47)44-25-21-39(22-26-44)40-11-10-12-46(33-40)61-57-19-8-6-17-53(57)54-18-7-9-20-58(54)61/h2-30,33-34,38,41-42,56H,31-32,35-37H2,1H3/t38-,41-,42-,56?,59?/m0/s1. The van der Waals surface area contributed by atoms with E-state index in [1.807, 2.05) is 0 Å². The maximum absolute atomic E-state index is 2.52. The van der Waals surface area contributed by atoms with Gasteiger partial charge in [0.05, 0.1) is 11.0 Å². The highest BCUT2D eigenvalue weighted by molar-refractivity contribution is 6.25. The highest BCUT2D eigenvalue weighted by Crippen LogP contribution is 2.65. The van der Waals surface area contributed by atoms with Gasteiger partial charge in [-0.1, -0.05) is 134 Å². The van der Waals surface area contributed by atoms with Gasteiger partial charge in [0.15, 0.2) is 0 Å². The number of fused-ring (bicyclic) bond motifs is 10. The molecule has 2 nitrogen and oxygen atoms in total. The Morgan fingerprint density at radius 1 is 0.426 bits per heavy atom. The van der Waals surface area contributed by atoms with E-state index in [-0.39, 0.29) is 0 Å². The van der Waals surface area contributed by atoms with Gasteiger partial charge in [-0.25, -0.2) is 0 Å². The van der Waals surface area contributed by atoms with Gasteiger partial charge < -0.3 is 9.47 Å². The molecule has 2 heteroatoms. The fourth-order valence-electron chi connectivity index (χ4n) is 12.9. The lowest BCUT2D eigenvalue weighted by Crippen LogP contribution is -2.34. The first-order valence-corrected chi connectivity index (χ1v) is 22.5. The minimum Gasteiger partial charge on any atom is -0.310 e. The molecule has 0 aliphatic heterocycles. The van der Waals surface area contributed by atoms with Crippen LogP contribution in [0, 0.1) is 23.7 Å². The van der Waals surface area contributed by atoms with Crippen molar-refractivity contribution in [3.63, 3.8) is 0 Å². The van der Waals surface area contributed by atoms with E-state index >= 15 is 0 Å². The molecule has 2 unspecified atom stereocenters. The summed E-state index contributed by atoms with van der Waals surface area (Å²) < 4.78 is 2.41. The van der Waals surface area contributed by atoms with Crippen LogP contribution in [-0.2, 0) is 5.41 Å². The molecule has 5 atom stereocenters. The first kappa shape index (κ1) is 35.1. The number of aromatic nitrogens is 1. The van der Waals surface area contributed by atoms with Crippen LogP contribution in [0.4, 0.5) is 17.1 Å². The van der Waals surface area contributed by atoms with Crippen molar-refractivity contribution in [3.8, 4) is 16.8 Å². The van der Waals surface area contributed by atoms with Gasteiger partial charge in [0.1, 0.15) is 0 Å². The number of benzene rings is 9. The molecule has 0 radical (unpaired) electrons. The summed E-state index contributed by atoms with van der Waals surface area (Å²) in [4.78, 5) is 2.48. The Kier molecular flexibility index (Phi) is 7.74. The van der Waals surface area contributed by atoms with E-state index in [2.05, 4.69) is 204 Å². The highest BCUT2D eigenvalue weighted by atomic mass is 15.1. The molecule has 13 rings (SSSR count). The molecule has 0 amide bonds. The molecule has 0 spiro atoms. The van der Waals surface area contributed by atoms with Gasteiger partial charge in [-0.2, -0.15) is 0 Å². The van der Waals surface area contributed by atoms with Crippen LogP contribution >= 0.6 is 0 Å². The maximum atomic E-state index is 2.52. The van der Waals surface area contributed by atoms with Crippen molar-refractivity contribution in [2.45, 2.75) is 44.4 Å². The van der Waals surface area contributed by atoms with E-state index in [1.165, 1.54) is 114 Å². The van der Waals surface area contributed by atoms with Gasteiger partial charge in [-0.3, -0.25) is 0 Å². The van der Waals surface area contributed by atoms with Crippen LogP contribution in [0.1, 0.15) is 44.6 Å². The minimum absolute atomic E-state index is 0.335. The summed E-state index contributed by atoms with van der Waals surface area (Å²) in [6.07, 6.45) is 7.01. The lowest BCUT2D eigenvalue weighted by Gasteiger charge is -2.42. The fraction of sp³-hybridized carbons (Fsp3) is 0.186. The van der Waals surface area contributed by atoms with Crippen LogP contribution < -0.4 is 4.90 Å². The first-order chi connectivity index (χ1) is 30.1. The molecule has 3 aliphatic rings. The molecule has 0 saturated heterocycles. The maximum Gasteiger partial charge on any atom is 0.0541 e. The van der Waals surface area contributed by atoms with E-state index in [4.69, 9.17) is 0 Å². The van der Waals surface area contributed by atoms with Crippen LogP contribution in [-0.4, -0.2) is 4.57 Å². The Labute approximate surface area is 357 Å².